The van der Waals surface area contributed by atoms with Gasteiger partial charge in [0.05, 0.1) is 5.52 Å². The number of H-pyrrole nitrogens is 1. The van der Waals surface area contributed by atoms with Crippen LogP contribution in [0.15, 0.2) is 36.5 Å². The van der Waals surface area contributed by atoms with Crippen LogP contribution in [0, 0.1) is 4.77 Å². The second-order valence-electron chi connectivity index (χ2n) is 4.41. The van der Waals surface area contributed by atoms with E-state index in [4.69, 9.17) is 12.2 Å². The number of pyridine rings is 1. The zero-order chi connectivity index (χ0) is 13.2. The standard InChI is InChI=1S/C14H14N4S/c1-2-8-18-13(16-17-14(18)19)11-5-6-12-10(9-11)4-3-7-15-12/h3-7,9H,2,8H2,1H3,(H,17,19). The van der Waals surface area contributed by atoms with Crippen LogP contribution in [0.1, 0.15) is 13.3 Å². The van der Waals surface area contributed by atoms with Gasteiger partial charge in [-0.05, 0) is 42.9 Å². The molecular formula is C14H14N4S. The van der Waals surface area contributed by atoms with Gasteiger partial charge in [0.1, 0.15) is 0 Å². The first-order valence-corrected chi connectivity index (χ1v) is 6.71. The number of fused-ring (bicyclic) bond motifs is 1. The van der Waals surface area contributed by atoms with Crippen LogP contribution < -0.4 is 0 Å². The number of hydrogen-bond donors (Lipinski definition) is 1. The van der Waals surface area contributed by atoms with E-state index in [1.165, 1.54) is 0 Å². The van der Waals surface area contributed by atoms with Crippen molar-refractivity contribution in [2.75, 3.05) is 0 Å². The molecule has 0 radical (unpaired) electrons. The van der Waals surface area contributed by atoms with Gasteiger partial charge in [-0.15, -0.1) is 0 Å². The summed E-state index contributed by atoms with van der Waals surface area (Å²) >= 11 is 5.27. The van der Waals surface area contributed by atoms with E-state index in [-0.39, 0.29) is 0 Å². The average molecular weight is 270 g/mol. The first-order valence-electron chi connectivity index (χ1n) is 6.30. The topological polar surface area (TPSA) is 46.5 Å². The molecule has 0 unspecified atom stereocenters. The minimum atomic E-state index is 0.670. The molecule has 0 aliphatic carbocycles. The van der Waals surface area contributed by atoms with E-state index in [9.17, 15) is 0 Å². The van der Waals surface area contributed by atoms with Gasteiger partial charge >= 0.3 is 0 Å². The summed E-state index contributed by atoms with van der Waals surface area (Å²) in [6.45, 7) is 3.00. The van der Waals surface area contributed by atoms with Crippen LogP contribution in [0.5, 0.6) is 0 Å². The summed E-state index contributed by atoms with van der Waals surface area (Å²) in [5, 5.41) is 8.31. The molecule has 0 saturated heterocycles. The zero-order valence-electron chi connectivity index (χ0n) is 10.6. The number of nitrogens with one attached hydrogen (secondary N) is 1. The molecule has 0 saturated carbocycles. The second-order valence-corrected chi connectivity index (χ2v) is 4.80. The number of aromatic amines is 1. The molecule has 3 aromatic rings. The molecule has 0 spiro atoms. The highest BCUT2D eigenvalue weighted by Crippen LogP contribution is 2.22. The van der Waals surface area contributed by atoms with Crippen LogP contribution in [0.25, 0.3) is 22.3 Å². The first-order chi connectivity index (χ1) is 9.29. The largest absolute Gasteiger partial charge is 0.300 e. The molecule has 96 valence electrons. The van der Waals surface area contributed by atoms with Gasteiger partial charge in [-0.3, -0.25) is 10.1 Å². The Kier molecular flexibility index (Phi) is 3.13. The van der Waals surface area contributed by atoms with Gasteiger partial charge in [-0.25, -0.2) is 0 Å². The Morgan fingerprint density at radius 3 is 3.05 bits per heavy atom. The van der Waals surface area contributed by atoms with E-state index in [2.05, 4.69) is 34.2 Å². The van der Waals surface area contributed by atoms with Gasteiger partial charge < -0.3 is 4.57 Å². The maximum atomic E-state index is 5.27. The number of nitrogens with zero attached hydrogens (tertiary/aromatic N) is 3. The number of hydrogen-bond acceptors (Lipinski definition) is 3. The molecule has 0 aliphatic heterocycles. The fraction of sp³-hybridized carbons (Fsp3) is 0.214. The minimum Gasteiger partial charge on any atom is -0.300 e. The molecule has 0 atom stereocenters. The monoisotopic (exact) mass is 270 g/mol. The van der Waals surface area contributed by atoms with Crippen molar-refractivity contribution in [3.8, 4) is 11.4 Å². The van der Waals surface area contributed by atoms with E-state index < -0.39 is 0 Å². The van der Waals surface area contributed by atoms with Gasteiger partial charge in [0.25, 0.3) is 0 Å². The molecule has 2 aromatic heterocycles. The summed E-state index contributed by atoms with van der Waals surface area (Å²) in [7, 11) is 0. The number of rotatable bonds is 3. The average Bonchev–Trinajstić information content (AvgIpc) is 2.80. The summed E-state index contributed by atoms with van der Waals surface area (Å²) in [6, 6.07) is 10.1. The highest BCUT2D eigenvalue weighted by molar-refractivity contribution is 7.71. The summed E-state index contributed by atoms with van der Waals surface area (Å²) in [6.07, 6.45) is 2.82. The summed E-state index contributed by atoms with van der Waals surface area (Å²) in [5.74, 6) is 0.887. The molecule has 19 heavy (non-hydrogen) atoms. The Balaban J connectivity index is 2.16. The van der Waals surface area contributed by atoms with Crippen molar-refractivity contribution in [3.05, 3.63) is 41.3 Å². The van der Waals surface area contributed by atoms with Crippen molar-refractivity contribution in [2.24, 2.45) is 0 Å². The van der Waals surface area contributed by atoms with Crippen LogP contribution in [-0.4, -0.2) is 19.7 Å². The Bertz CT molecular complexity index is 772. The van der Waals surface area contributed by atoms with E-state index in [0.29, 0.717) is 4.77 Å². The Labute approximate surface area is 116 Å². The van der Waals surface area contributed by atoms with Gasteiger partial charge in [0, 0.05) is 23.7 Å². The lowest BCUT2D eigenvalue weighted by atomic mass is 10.1. The second kappa shape index (κ2) is 4.93. The Morgan fingerprint density at radius 2 is 2.21 bits per heavy atom. The van der Waals surface area contributed by atoms with Gasteiger partial charge in [0.2, 0.25) is 0 Å². The predicted octanol–water partition coefficient (Wildman–Crippen LogP) is 3.57. The molecular weight excluding hydrogens is 256 g/mol. The molecule has 0 aliphatic rings. The summed E-state index contributed by atoms with van der Waals surface area (Å²) in [4.78, 5) is 4.32. The third kappa shape index (κ3) is 2.17. The van der Waals surface area contributed by atoms with Gasteiger partial charge in [-0.1, -0.05) is 13.0 Å². The van der Waals surface area contributed by atoms with Crippen LogP contribution in [0.4, 0.5) is 0 Å². The van der Waals surface area contributed by atoms with Crippen molar-refractivity contribution < 1.29 is 0 Å². The van der Waals surface area contributed by atoms with E-state index in [1.54, 1.807) is 6.20 Å². The fourth-order valence-corrected chi connectivity index (χ4v) is 2.41. The lowest BCUT2D eigenvalue weighted by molar-refractivity contribution is 0.675. The van der Waals surface area contributed by atoms with Crippen molar-refractivity contribution in [3.63, 3.8) is 0 Å². The van der Waals surface area contributed by atoms with Crippen LogP contribution in [-0.2, 0) is 6.54 Å². The molecule has 0 amide bonds. The molecule has 2 heterocycles. The highest BCUT2D eigenvalue weighted by Gasteiger charge is 2.08. The molecule has 0 fully saturated rings. The molecule has 0 bridgehead atoms. The molecule has 5 heteroatoms. The van der Waals surface area contributed by atoms with E-state index >= 15 is 0 Å². The lowest BCUT2D eigenvalue weighted by Crippen LogP contribution is -1.99. The molecule has 1 N–H and O–H groups in total. The highest BCUT2D eigenvalue weighted by atomic mass is 32.1. The Hall–Kier alpha value is -2.01. The smallest absolute Gasteiger partial charge is 0.195 e. The van der Waals surface area contributed by atoms with E-state index in [1.807, 2.05) is 22.8 Å². The lowest BCUT2D eigenvalue weighted by Gasteiger charge is -2.06. The SMILES string of the molecule is CCCn1c(-c2ccc3ncccc3c2)n[nH]c1=S. The number of benzene rings is 1. The number of aromatic nitrogens is 4. The van der Waals surface area contributed by atoms with Crippen LogP contribution >= 0.6 is 12.2 Å². The summed E-state index contributed by atoms with van der Waals surface area (Å²) in [5.41, 5.74) is 2.05. The van der Waals surface area contributed by atoms with Gasteiger partial charge in [-0.2, -0.15) is 5.10 Å². The minimum absolute atomic E-state index is 0.670. The normalized spacial score (nSPS) is 11.0. The van der Waals surface area contributed by atoms with Crippen molar-refractivity contribution in [2.45, 2.75) is 19.9 Å². The fourth-order valence-electron chi connectivity index (χ4n) is 2.18. The third-order valence-electron chi connectivity index (χ3n) is 3.07. The van der Waals surface area contributed by atoms with Gasteiger partial charge in [0.15, 0.2) is 10.6 Å². The zero-order valence-corrected chi connectivity index (χ0v) is 11.4. The van der Waals surface area contributed by atoms with Crippen molar-refractivity contribution in [1.29, 1.82) is 0 Å². The van der Waals surface area contributed by atoms with Crippen LogP contribution in [0.2, 0.25) is 0 Å². The molecule has 3 rings (SSSR count). The summed E-state index contributed by atoms with van der Waals surface area (Å²) < 4.78 is 2.70. The molecule has 4 nitrogen and oxygen atoms in total. The Morgan fingerprint density at radius 1 is 1.32 bits per heavy atom. The molecule has 1 aromatic carbocycles. The van der Waals surface area contributed by atoms with Crippen molar-refractivity contribution in [1.82, 2.24) is 19.7 Å². The third-order valence-corrected chi connectivity index (χ3v) is 3.38. The maximum Gasteiger partial charge on any atom is 0.195 e. The predicted molar refractivity (Wildman–Crippen MR) is 78.4 cm³/mol. The van der Waals surface area contributed by atoms with Crippen molar-refractivity contribution >= 4 is 23.1 Å². The van der Waals surface area contributed by atoms with E-state index in [0.717, 1.165) is 35.3 Å². The van der Waals surface area contributed by atoms with Crippen LogP contribution in [0.3, 0.4) is 0 Å². The maximum absolute atomic E-state index is 5.27. The first kappa shape index (κ1) is 12.0. The quantitative estimate of drug-likeness (QED) is 0.740.